The van der Waals surface area contributed by atoms with Gasteiger partial charge in [-0.1, -0.05) is 27.5 Å². The normalized spacial score (nSPS) is 10.0. The Kier molecular flexibility index (Phi) is 3.76. The molecule has 86 valence electrons. The van der Waals surface area contributed by atoms with Crippen molar-refractivity contribution in [2.75, 3.05) is 0 Å². The summed E-state index contributed by atoms with van der Waals surface area (Å²) in [5.41, 5.74) is 0.381. The number of rotatable bonds is 3. The molecule has 0 aliphatic heterocycles. The molecule has 3 nitrogen and oxygen atoms in total. The van der Waals surface area contributed by atoms with Gasteiger partial charge in [-0.2, -0.15) is 0 Å². The molecule has 1 aromatic heterocycles. The Bertz CT molecular complexity index is 560. The minimum atomic E-state index is 0.242. The predicted octanol–water partition coefficient (Wildman–Crippen LogP) is 4.10. The first-order chi connectivity index (χ1) is 8.20. The lowest BCUT2D eigenvalue weighted by Crippen LogP contribution is -1.93. The van der Waals surface area contributed by atoms with Crippen LogP contribution in [0.15, 0.2) is 41.0 Å². The second-order valence-corrected chi connectivity index (χ2v) is 4.52. The first-order valence-corrected chi connectivity index (χ1v) is 5.91. The number of carbonyl (C=O) groups excluding carboxylic acids is 1. The number of ether oxygens (including phenoxy) is 1. The largest absolute Gasteiger partial charge is 0.437 e. The summed E-state index contributed by atoms with van der Waals surface area (Å²) in [5, 5.41) is 0.446. The zero-order chi connectivity index (χ0) is 12.3. The van der Waals surface area contributed by atoms with Crippen LogP contribution in [-0.4, -0.2) is 11.3 Å². The Morgan fingerprint density at radius 2 is 2.18 bits per heavy atom. The van der Waals surface area contributed by atoms with Gasteiger partial charge in [0.1, 0.15) is 5.75 Å². The fourth-order valence-electron chi connectivity index (χ4n) is 1.24. The lowest BCUT2D eigenvalue weighted by atomic mass is 10.3. The molecule has 0 saturated carbocycles. The maximum atomic E-state index is 10.8. The van der Waals surface area contributed by atoms with E-state index < -0.39 is 0 Å². The smallest absolute Gasteiger partial charge is 0.229 e. The number of pyridine rings is 1. The van der Waals surface area contributed by atoms with E-state index in [4.69, 9.17) is 16.3 Å². The molecular weight excluding hydrogens is 305 g/mol. The minimum absolute atomic E-state index is 0.242. The summed E-state index contributed by atoms with van der Waals surface area (Å²) in [6.07, 6.45) is 2.24. The Morgan fingerprint density at radius 3 is 2.88 bits per heavy atom. The monoisotopic (exact) mass is 311 g/mol. The van der Waals surface area contributed by atoms with E-state index in [2.05, 4.69) is 20.9 Å². The first-order valence-electron chi connectivity index (χ1n) is 4.74. The fourth-order valence-corrected chi connectivity index (χ4v) is 1.95. The van der Waals surface area contributed by atoms with Crippen LogP contribution in [-0.2, 0) is 0 Å². The van der Waals surface area contributed by atoms with E-state index >= 15 is 0 Å². The molecule has 0 spiro atoms. The third-order valence-electron chi connectivity index (χ3n) is 2.03. The van der Waals surface area contributed by atoms with E-state index in [1.165, 1.54) is 0 Å². The van der Waals surface area contributed by atoms with Gasteiger partial charge in [-0.05, 0) is 30.3 Å². The summed E-state index contributed by atoms with van der Waals surface area (Å²) in [6, 6.07) is 8.50. The van der Waals surface area contributed by atoms with Gasteiger partial charge in [0.2, 0.25) is 5.88 Å². The zero-order valence-corrected chi connectivity index (χ0v) is 10.9. The van der Waals surface area contributed by atoms with Crippen molar-refractivity contribution in [1.82, 2.24) is 4.98 Å². The standard InChI is InChI=1S/C12H7BrClNO2/c13-9-3-4-11(10(14)6-9)17-12-8(7-16)2-1-5-15-12/h1-7H. The molecule has 17 heavy (non-hydrogen) atoms. The molecule has 0 amide bonds. The highest BCUT2D eigenvalue weighted by Gasteiger charge is 2.08. The van der Waals surface area contributed by atoms with Gasteiger partial charge >= 0.3 is 0 Å². The fraction of sp³-hybridized carbons (Fsp3) is 0. The molecule has 1 aromatic carbocycles. The van der Waals surface area contributed by atoms with Crippen molar-refractivity contribution < 1.29 is 9.53 Å². The number of benzene rings is 1. The molecule has 0 N–H and O–H groups in total. The molecule has 5 heteroatoms. The molecule has 0 aliphatic carbocycles. The summed E-state index contributed by atoms with van der Waals surface area (Å²) in [7, 11) is 0. The number of halogens is 2. The number of carbonyl (C=O) groups is 1. The van der Waals surface area contributed by atoms with Crippen LogP contribution in [0.25, 0.3) is 0 Å². The van der Waals surface area contributed by atoms with Gasteiger partial charge in [0.25, 0.3) is 0 Å². The Balaban J connectivity index is 2.34. The third kappa shape index (κ3) is 2.84. The minimum Gasteiger partial charge on any atom is -0.437 e. The summed E-state index contributed by atoms with van der Waals surface area (Å²) in [4.78, 5) is 14.8. The number of hydrogen-bond donors (Lipinski definition) is 0. The summed E-state index contributed by atoms with van der Waals surface area (Å²) in [6.45, 7) is 0. The summed E-state index contributed by atoms with van der Waals surface area (Å²) < 4.78 is 6.34. The van der Waals surface area contributed by atoms with Crippen LogP contribution in [0.2, 0.25) is 5.02 Å². The SMILES string of the molecule is O=Cc1cccnc1Oc1ccc(Br)cc1Cl. The molecule has 0 atom stereocenters. The van der Waals surface area contributed by atoms with Crippen molar-refractivity contribution in [2.45, 2.75) is 0 Å². The van der Waals surface area contributed by atoms with E-state index in [0.717, 1.165) is 4.47 Å². The molecule has 0 fully saturated rings. The highest BCUT2D eigenvalue weighted by Crippen LogP contribution is 2.31. The predicted molar refractivity (Wildman–Crippen MR) is 68.9 cm³/mol. The van der Waals surface area contributed by atoms with Crippen LogP contribution in [0.3, 0.4) is 0 Å². The highest BCUT2D eigenvalue weighted by atomic mass is 79.9. The van der Waals surface area contributed by atoms with Crippen LogP contribution in [0.5, 0.6) is 11.6 Å². The Hall–Kier alpha value is -1.39. The van der Waals surface area contributed by atoms with Crippen LogP contribution in [0, 0.1) is 0 Å². The van der Waals surface area contributed by atoms with Gasteiger partial charge in [0.05, 0.1) is 10.6 Å². The van der Waals surface area contributed by atoms with Crippen LogP contribution in [0.4, 0.5) is 0 Å². The second kappa shape index (κ2) is 5.29. The maximum absolute atomic E-state index is 10.8. The van der Waals surface area contributed by atoms with Crippen molar-refractivity contribution in [2.24, 2.45) is 0 Å². The number of aldehydes is 1. The number of nitrogens with zero attached hydrogens (tertiary/aromatic N) is 1. The van der Waals surface area contributed by atoms with Gasteiger partial charge in [0.15, 0.2) is 6.29 Å². The highest BCUT2D eigenvalue weighted by molar-refractivity contribution is 9.10. The molecule has 0 aliphatic rings. The van der Waals surface area contributed by atoms with E-state index in [1.807, 2.05) is 0 Å². The quantitative estimate of drug-likeness (QED) is 0.801. The van der Waals surface area contributed by atoms with Crippen LogP contribution in [0.1, 0.15) is 10.4 Å². The molecule has 0 bridgehead atoms. The molecule has 0 saturated heterocycles. The molecule has 0 unspecified atom stereocenters. The number of hydrogen-bond acceptors (Lipinski definition) is 3. The molecule has 0 radical (unpaired) electrons. The van der Waals surface area contributed by atoms with Crippen molar-refractivity contribution >= 4 is 33.8 Å². The summed E-state index contributed by atoms with van der Waals surface area (Å²) in [5.74, 6) is 0.698. The Morgan fingerprint density at radius 1 is 1.35 bits per heavy atom. The average Bonchev–Trinajstić information content (AvgIpc) is 2.33. The molecule has 2 rings (SSSR count). The van der Waals surface area contributed by atoms with Crippen molar-refractivity contribution in [3.8, 4) is 11.6 Å². The average molecular weight is 313 g/mol. The first kappa shape index (κ1) is 12.1. The van der Waals surface area contributed by atoms with Crippen molar-refractivity contribution in [3.63, 3.8) is 0 Å². The lowest BCUT2D eigenvalue weighted by molar-refractivity contribution is 0.112. The van der Waals surface area contributed by atoms with E-state index in [1.54, 1.807) is 36.5 Å². The lowest BCUT2D eigenvalue weighted by Gasteiger charge is -2.08. The van der Waals surface area contributed by atoms with Crippen molar-refractivity contribution in [3.05, 3.63) is 51.6 Å². The maximum Gasteiger partial charge on any atom is 0.229 e. The zero-order valence-electron chi connectivity index (χ0n) is 8.56. The van der Waals surface area contributed by atoms with Gasteiger partial charge in [-0.25, -0.2) is 4.98 Å². The van der Waals surface area contributed by atoms with E-state index in [9.17, 15) is 4.79 Å². The van der Waals surface area contributed by atoms with Gasteiger partial charge in [-0.15, -0.1) is 0 Å². The molecule has 2 aromatic rings. The molecule has 1 heterocycles. The van der Waals surface area contributed by atoms with Crippen molar-refractivity contribution in [1.29, 1.82) is 0 Å². The topological polar surface area (TPSA) is 39.2 Å². The van der Waals surface area contributed by atoms with E-state index in [0.29, 0.717) is 22.6 Å². The van der Waals surface area contributed by atoms with Gasteiger partial charge in [0, 0.05) is 10.7 Å². The van der Waals surface area contributed by atoms with E-state index in [-0.39, 0.29) is 5.88 Å². The second-order valence-electron chi connectivity index (χ2n) is 3.19. The summed E-state index contributed by atoms with van der Waals surface area (Å²) >= 11 is 9.30. The van der Waals surface area contributed by atoms with Gasteiger partial charge < -0.3 is 4.74 Å². The molecular formula is C12H7BrClNO2. The number of aromatic nitrogens is 1. The van der Waals surface area contributed by atoms with Gasteiger partial charge in [-0.3, -0.25) is 4.79 Å². The van der Waals surface area contributed by atoms with Crippen LogP contribution < -0.4 is 4.74 Å². The van der Waals surface area contributed by atoms with Crippen LogP contribution >= 0.6 is 27.5 Å². The Labute approximate surface area is 112 Å². The third-order valence-corrected chi connectivity index (χ3v) is 2.82.